The predicted molar refractivity (Wildman–Crippen MR) is 118 cm³/mol. The van der Waals surface area contributed by atoms with E-state index in [4.69, 9.17) is 4.74 Å². The molecule has 0 aliphatic heterocycles. The van der Waals surface area contributed by atoms with Gasteiger partial charge in [0.15, 0.2) is 5.16 Å². The number of H-pyrrole nitrogens is 1. The number of amides is 1. The minimum atomic E-state index is -0.156. The van der Waals surface area contributed by atoms with Crippen molar-refractivity contribution >= 4 is 23.4 Å². The summed E-state index contributed by atoms with van der Waals surface area (Å²) < 4.78 is 5.86. The lowest BCUT2D eigenvalue weighted by molar-refractivity contribution is 0.102. The Labute approximate surface area is 178 Å². The molecule has 0 saturated carbocycles. The lowest BCUT2D eigenvalue weighted by atomic mass is 10.1. The van der Waals surface area contributed by atoms with Crippen LogP contribution in [0.1, 0.15) is 21.5 Å². The quantitative estimate of drug-likeness (QED) is 0.392. The van der Waals surface area contributed by atoms with Crippen molar-refractivity contribution in [2.75, 3.05) is 5.32 Å². The second-order valence-corrected chi connectivity index (χ2v) is 7.60. The lowest BCUT2D eigenvalue weighted by Gasteiger charge is -2.11. The van der Waals surface area contributed by atoms with Crippen molar-refractivity contribution in [2.45, 2.75) is 17.8 Å². The van der Waals surface area contributed by atoms with Crippen LogP contribution in [0.25, 0.3) is 0 Å². The molecular formula is C23H20N4O2S. The van der Waals surface area contributed by atoms with E-state index >= 15 is 0 Å². The van der Waals surface area contributed by atoms with Crippen LogP contribution in [0.15, 0.2) is 84.3 Å². The number of ether oxygens (including phenoxy) is 1. The number of aryl methyl sites for hydroxylation is 1. The number of hydrogen-bond acceptors (Lipinski definition) is 5. The summed E-state index contributed by atoms with van der Waals surface area (Å²) in [6.45, 7) is 2.02. The molecule has 0 bridgehead atoms. The third kappa shape index (κ3) is 5.07. The minimum Gasteiger partial charge on any atom is -0.457 e. The number of benzene rings is 3. The number of nitrogens with one attached hydrogen (secondary N) is 2. The second-order valence-electron chi connectivity index (χ2n) is 6.63. The first-order chi connectivity index (χ1) is 14.7. The van der Waals surface area contributed by atoms with E-state index in [0.717, 1.165) is 22.0 Å². The van der Waals surface area contributed by atoms with Crippen LogP contribution >= 0.6 is 11.8 Å². The number of thioether (sulfide) groups is 1. The first kappa shape index (κ1) is 19.7. The van der Waals surface area contributed by atoms with E-state index in [2.05, 4.69) is 20.5 Å². The molecule has 0 atom stereocenters. The van der Waals surface area contributed by atoms with Crippen molar-refractivity contribution in [1.29, 1.82) is 0 Å². The van der Waals surface area contributed by atoms with Crippen LogP contribution in [0.5, 0.6) is 11.5 Å². The predicted octanol–water partition coefficient (Wildman–Crippen LogP) is 5.45. The molecule has 1 heterocycles. The van der Waals surface area contributed by atoms with Crippen molar-refractivity contribution in [1.82, 2.24) is 15.2 Å². The van der Waals surface area contributed by atoms with E-state index in [0.29, 0.717) is 22.8 Å². The Morgan fingerprint density at radius 3 is 2.63 bits per heavy atom. The van der Waals surface area contributed by atoms with Gasteiger partial charge in [-0.25, -0.2) is 4.98 Å². The minimum absolute atomic E-state index is 0.156. The van der Waals surface area contributed by atoms with Gasteiger partial charge in [-0.2, -0.15) is 5.10 Å². The van der Waals surface area contributed by atoms with Crippen molar-refractivity contribution in [3.8, 4) is 11.5 Å². The zero-order chi connectivity index (χ0) is 20.8. The third-order valence-corrected chi connectivity index (χ3v) is 5.28. The van der Waals surface area contributed by atoms with Gasteiger partial charge in [-0.15, -0.1) is 0 Å². The number of carbonyl (C=O) groups excluding carboxylic acids is 1. The van der Waals surface area contributed by atoms with Crippen molar-refractivity contribution < 1.29 is 9.53 Å². The average Bonchev–Trinajstić information content (AvgIpc) is 3.28. The standard InChI is InChI=1S/C23H20N4O2S/c1-16-5-4-7-20(13-16)29-19-11-9-18(10-12-19)26-22(28)21-8-3-2-6-17(21)14-30-23-24-15-25-27-23/h2-13,15H,14H2,1H3,(H,26,28)(H,24,25,27). The van der Waals surface area contributed by atoms with Crippen LogP contribution in [0.2, 0.25) is 0 Å². The highest BCUT2D eigenvalue weighted by Crippen LogP contribution is 2.25. The fourth-order valence-electron chi connectivity index (χ4n) is 2.90. The second kappa shape index (κ2) is 9.28. The van der Waals surface area contributed by atoms with Gasteiger partial charge in [-0.3, -0.25) is 9.89 Å². The highest BCUT2D eigenvalue weighted by atomic mass is 32.2. The van der Waals surface area contributed by atoms with Crippen molar-refractivity contribution in [3.63, 3.8) is 0 Å². The normalized spacial score (nSPS) is 10.6. The molecule has 0 aliphatic rings. The van der Waals surface area contributed by atoms with Crippen molar-refractivity contribution in [2.24, 2.45) is 0 Å². The topological polar surface area (TPSA) is 79.9 Å². The summed E-state index contributed by atoms with van der Waals surface area (Å²) in [5.41, 5.74) is 3.39. The molecule has 4 aromatic rings. The summed E-state index contributed by atoms with van der Waals surface area (Å²) in [6.07, 6.45) is 1.47. The maximum Gasteiger partial charge on any atom is 0.255 e. The van der Waals surface area contributed by atoms with Crippen LogP contribution in [-0.4, -0.2) is 21.1 Å². The largest absolute Gasteiger partial charge is 0.457 e. The summed E-state index contributed by atoms with van der Waals surface area (Å²) in [5, 5.41) is 10.3. The highest BCUT2D eigenvalue weighted by Gasteiger charge is 2.12. The number of hydrogen-bond donors (Lipinski definition) is 2. The number of aromatic amines is 1. The van der Waals surface area contributed by atoms with E-state index in [1.165, 1.54) is 18.1 Å². The average molecular weight is 417 g/mol. The molecule has 0 unspecified atom stereocenters. The molecule has 150 valence electrons. The lowest BCUT2D eigenvalue weighted by Crippen LogP contribution is -2.14. The van der Waals surface area contributed by atoms with Crippen LogP contribution < -0.4 is 10.1 Å². The third-order valence-electron chi connectivity index (χ3n) is 4.36. The number of nitrogens with zero attached hydrogens (tertiary/aromatic N) is 2. The molecule has 6 nitrogen and oxygen atoms in total. The van der Waals surface area contributed by atoms with Gasteiger partial charge < -0.3 is 10.1 Å². The molecule has 0 radical (unpaired) electrons. The van der Waals surface area contributed by atoms with Crippen LogP contribution in [-0.2, 0) is 5.75 Å². The highest BCUT2D eigenvalue weighted by molar-refractivity contribution is 7.98. The summed E-state index contributed by atoms with van der Waals surface area (Å²) in [4.78, 5) is 16.9. The Hall–Kier alpha value is -3.58. The molecule has 0 fully saturated rings. The molecule has 4 rings (SSSR count). The zero-order valence-electron chi connectivity index (χ0n) is 16.3. The number of anilines is 1. The molecule has 0 spiro atoms. The monoisotopic (exact) mass is 416 g/mol. The molecule has 7 heteroatoms. The fraction of sp³-hybridized carbons (Fsp3) is 0.0870. The van der Waals surface area contributed by atoms with Crippen molar-refractivity contribution in [3.05, 3.63) is 95.8 Å². The molecule has 0 saturated heterocycles. The van der Waals surface area contributed by atoms with E-state index in [1.807, 2.05) is 79.7 Å². The first-order valence-electron chi connectivity index (χ1n) is 9.39. The van der Waals surface area contributed by atoms with E-state index in [9.17, 15) is 4.79 Å². The number of carbonyl (C=O) groups is 1. The molecular weight excluding hydrogens is 396 g/mol. The van der Waals surface area contributed by atoms with Gasteiger partial charge in [0.2, 0.25) is 0 Å². The summed E-state index contributed by atoms with van der Waals surface area (Å²) in [7, 11) is 0. The van der Waals surface area contributed by atoms with Gasteiger partial charge >= 0.3 is 0 Å². The van der Waals surface area contributed by atoms with Crippen LogP contribution in [0.3, 0.4) is 0 Å². The molecule has 0 aliphatic carbocycles. The maximum absolute atomic E-state index is 12.8. The first-order valence-corrected chi connectivity index (χ1v) is 10.4. The van der Waals surface area contributed by atoms with Gasteiger partial charge in [-0.05, 0) is 60.5 Å². The molecule has 3 aromatic carbocycles. The Bertz CT molecular complexity index is 1130. The zero-order valence-corrected chi connectivity index (χ0v) is 17.1. The molecule has 1 amide bonds. The van der Waals surface area contributed by atoms with Gasteiger partial charge in [0.05, 0.1) is 0 Å². The summed E-state index contributed by atoms with van der Waals surface area (Å²) in [6, 6.07) is 22.7. The maximum atomic E-state index is 12.8. The smallest absolute Gasteiger partial charge is 0.255 e. The summed E-state index contributed by atoms with van der Waals surface area (Å²) in [5.74, 6) is 1.95. The Balaban J connectivity index is 1.41. The van der Waals surface area contributed by atoms with Crippen LogP contribution in [0, 0.1) is 6.92 Å². The van der Waals surface area contributed by atoms with E-state index in [1.54, 1.807) is 0 Å². The van der Waals surface area contributed by atoms with Gasteiger partial charge in [-0.1, -0.05) is 42.1 Å². The van der Waals surface area contributed by atoms with E-state index in [-0.39, 0.29) is 5.91 Å². The number of rotatable bonds is 7. The SMILES string of the molecule is Cc1cccc(Oc2ccc(NC(=O)c3ccccc3CSc3ncn[nH]3)cc2)c1. The Morgan fingerprint density at radius 2 is 1.87 bits per heavy atom. The van der Waals surface area contributed by atoms with E-state index < -0.39 is 0 Å². The van der Waals surface area contributed by atoms with Crippen LogP contribution in [0.4, 0.5) is 5.69 Å². The summed E-state index contributed by atoms with van der Waals surface area (Å²) >= 11 is 1.50. The van der Waals surface area contributed by atoms with Gasteiger partial charge in [0.1, 0.15) is 17.8 Å². The molecule has 30 heavy (non-hydrogen) atoms. The Morgan fingerprint density at radius 1 is 1.03 bits per heavy atom. The molecule has 2 N–H and O–H groups in total. The Kier molecular flexibility index (Phi) is 6.10. The van der Waals surface area contributed by atoms with Gasteiger partial charge in [0, 0.05) is 17.0 Å². The number of aromatic nitrogens is 3. The fourth-order valence-corrected chi connectivity index (χ4v) is 3.68. The van der Waals surface area contributed by atoms with Gasteiger partial charge in [0.25, 0.3) is 5.91 Å². The molecule has 1 aromatic heterocycles.